The largest absolute Gasteiger partial charge is 0.334 e. The molecule has 3 aliphatic heterocycles. The normalized spacial score (nSPS) is 23.8. The first-order chi connectivity index (χ1) is 40.5. The maximum atomic E-state index is 2.91. The van der Waals surface area contributed by atoms with Crippen LogP contribution in [0.15, 0.2) is 115 Å². The second kappa shape index (κ2) is 18.6. The van der Waals surface area contributed by atoms with Gasteiger partial charge in [-0.1, -0.05) is 211 Å². The highest BCUT2D eigenvalue weighted by Gasteiger charge is 2.59. The fraction of sp³-hybridized carbons (Fsp3) is 0.494. The molecule has 0 amide bonds. The monoisotopic (exact) mass is 1150 g/mol. The number of hydrogen-bond acceptors (Lipinski definition) is 3. The van der Waals surface area contributed by atoms with E-state index >= 15 is 0 Å². The molecule has 0 bridgehead atoms. The number of nitrogens with zero attached hydrogens (tertiary/aromatic N) is 3. The maximum absolute atomic E-state index is 2.91. The van der Waals surface area contributed by atoms with Gasteiger partial charge in [0.1, 0.15) is 0 Å². The third kappa shape index (κ3) is 8.52. The van der Waals surface area contributed by atoms with E-state index in [0.717, 1.165) is 25.7 Å². The third-order valence-electron chi connectivity index (χ3n) is 24.8. The molecule has 0 spiro atoms. The van der Waals surface area contributed by atoms with Crippen LogP contribution in [-0.2, 0) is 48.7 Å². The van der Waals surface area contributed by atoms with Gasteiger partial charge < -0.3 is 14.7 Å². The van der Waals surface area contributed by atoms with Gasteiger partial charge in [0.15, 0.2) is 0 Å². The van der Waals surface area contributed by atoms with Crippen LogP contribution < -0.4 is 31.1 Å². The lowest BCUT2D eigenvalue weighted by Crippen LogP contribution is -2.62. The zero-order chi connectivity index (χ0) is 62.1. The molecule has 7 aromatic rings. The topological polar surface area (TPSA) is 9.72 Å². The molecule has 1 saturated carbocycles. The SMILES string of the molecule is Cc1cc2c(cc1N1c3cc4c(cc3B3c5cc6c(cc5N(c5ccc(C(C)(C)C)cc5-c5ccccc5)c5cc(N7c8ccc(C(C)(C)C)cc8C8(C)CCCCC78C)cc1c53)C(C)(C)CCC6(C)C)C(C)(C)CCC4(C)C)C(C)(C)CCC2(C)C. The molecule has 2 atom stereocenters. The Labute approximate surface area is 526 Å². The minimum Gasteiger partial charge on any atom is -0.334 e. The lowest BCUT2D eigenvalue weighted by molar-refractivity contribution is 0.195. The van der Waals surface area contributed by atoms with E-state index in [0.29, 0.717) is 0 Å². The van der Waals surface area contributed by atoms with E-state index in [-0.39, 0.29) is 61.0 Å². The van der Waals surface area contributed by atoms with Gasteiger partial charge in [-0.15, -0.1) is 0 Å². The van der Waals surface area contributed by atoms with Crippen molar-refractivity contribution in [3.63, 3.8) is 0 Å². The van der Waals surface area contributed by atoms with Crippen LogP contribution in [0, 0.1) is 6.92 Å². The van der Waals surface area contributed by atoms with Gasteiger partial charge in [0.2, 0.25) is 0 Å². The standard InChI is InChI=1S/C83H102BN3/c1-51-41-57-60(79(14,15)38-35-76(57,8)9)48-68(51)86-70-50-62-59(78(12,13)37-40-81(62,18)19)47-65(70)84-64-46-58-61(80(16,17)39-36-77(58,10)11)49-69(64)85(66-31-29-53(74(2,3)4)42-56(66)52-27-23-22-24-28-52)71-44-55(45-72(86)73(71)84)87-67-32-30-54(75(5,6)7)43-63(67)82(20)33-25-26-34-83(82,87)21/h22-24,27-32,41-50H,25-26,33-40H2,1-21H3. The molecule has 87 heavy (non-hydrogen) atoms. The van der Waals surface area contributed by atoms with E-state index in [9.17, 15) is 0 Å². The van der Waals surface area contributed by atoms with Crippen LogP contribution >= 0.6 is 0 Å². The second-order valence-electron chi connectivity index (χ2n) is 35.4. The highest BCUT2D eigenvalue weighted by atomic mass is 15.3. The molecule has 0 aromatic heterocycles. The second-order valence-corrected chi connectivity index (χ2v) is 35.4. The Hall–Kier alpha value is -6.00. The van der Waals surface area contributed by atoms with E-state index < -0.39 is 0 Å². The van der Waals surface area contributed by atoms with Crippen LogP contribution in [0.3, 0.4) is 0 Å². The van der Waals surface area contributed by atoms with Crippen molar-refractivity contribution < 1.29 is 0 Å². The zero-order valence-electron chi connectivity index (χ0n) is 57.5. The molecule has 0 saturated heterocycles. The van der Waals surface area contributed by atoms with Gasteiger partial charge in [0.05, 0.1) is 11.2 Å². The summed E-state index contributed by atoms with van der Waals surface area (Å²) >= 11 is 0. The molecule has 14 rings (SSSR count). The summed E-state index contributed by atoms with van der Waals surface area (Å²) in [5.41, 5.74) is 32.0. The van der Waals surface area contributed by atoms with E-state index in [2.05, 4.69) is 275 Å². The maximum Gasteiger partial charge on any atom is 0.252 e. The fourth-order valence-corrected chi connectivity index (χ4v) is 18.4. The van der Waals surface area contributed by atoms with Gasteiger partial charge in [-0.2, -0.15) is 0 Å². The van der Waals surface area contributed by atoms with Gasteiger partial charge in [0, 0.05) is 50.8 Å². The van der Waals surface area contributed by atoms with E-state index in [1.54, 1.807) is 0 Å². The molecule has 0 radical (unpaired) electrons. The summed E-state index contributed by atoms with van der Waals surface area (Å²) in [6, 6.07) is 48.4. The summed E-state index contributed by atoms with van der Waals surface area (Å²) in [5.74, 6) is 0. The molecular formula is C83H102BN3. The molecule has 452 valence electrons. The average molecular weight is 1150 g/mol. The molecule has 4 heteroatoms. The predicted molar refractivity (Wildman–Crippen MR) is 377 cm³/mol. The van der Waals surface area contributed by atoms with Crippen LogP contribution in [0.25, 0.3) is 11.1 Å². The Bertz CT molecular complexity index is 4040. The van der Waals surface area contributed by atoms with Crippen molar-refractivity contribution in [3.8, 4) is 11.1 Å². The smallest absolute Gasteiger partial charge is 0.252 e. The van der Waals surface area contributed by atoms with Crippen LogP contribution in [0.1, 0.15) is 258 Å². The van der Waals surface area contributed by atoms with Crippen molar-refractivity contribution in [2.45, 2.75) is 264 Å². The molecule has 7 aliphatic rings. The molecule has 3 nitrogen and oxygen atoms in total. The van der Waals surface area contributed by atoms with Gasteiger partial charge >= 0.3 is 0 Å². The molecule has 4 aliphatic carbocycles. The number of fused-ring (bicyclic) bond motifs is 10. The van der Waals surface area contributed by atoms with E-state index in [1.165, 1.54) is 167 Å². The summed E-state index contributed by atoms with van der Waals surface area (Å²) < 4.78 is 0. The molecule has 1 fully saturated rings. The molecule has 0 N–H and O–H groups in total. The first-order valence-electron chi connectivity index (χ1n) is 34.0. The van der Waals surface area contributed by atoms with E-state index in [4.69, 9.17) is 0 Å². The Balaban J connectivity index is 1.19. The van der Waals surface area contributed by atoms with Crippen LogP contribution in [-0.4, -0.2) is 12.3 Å². The predicted octanol–water partition coefficient (Wildman–Crippen LogP) is 21.1. The lowest BCUT2D eigenvalue weighted by Gasteiger charge is -2.52. The summed E-state index contributed by atoms with van der Waals surface area (Å²) in [6.07, 6.45) is 11.8. The molecule has 7 aromatic carbocycles. The first kappa shape index (κ1) is 58.7. The Morgan fingerprint density at radius 1 is 0.368 bits per heavy atom. The Kier molecular flexibility index (Phi) is 12.5. The average Bonchev–Trinajstić information content (AvgIpc) is 1.61. The van der Waals surface area contributed by atoms with Gasteiger partial charge in [-0.3, -0.25) is 0 Å². The van der Waals surface area contributed by atoms with Gasteiger partial charge in [0.25, 0.3) is 6.71 Å². The minimum absolute atomic E-state index is 0.00393. The highest BCUT2D eigenvalue weighted by Crippen LogP contribution is 2.63. The minimum atomic E-state index is -0.177. The highest BCUT2D eigenvalue weighted by molar-refractivity contribution is 7.00. The Morgan fingerprint density at radius 2 is 0.782 bits per heavy atom. The van der Waals surface area contributed by atoms with Crippen molar-refractivity contribution >= 4 is 68.6 Å². The fourth-order valence-electron chi connectivity index (χ4n) is 18.4. The summed E-state index contributed by atoms with van der Waals surface area (Å²) in [4.78, 5) is 8.59. The number of rotatable bonds is 4. The van der Waals surface area contributed by atoms with Crippen molar-refractivity contribution in [1.29, 1.82) is 0 Å². The summed E-state index contributed by atoms with van der Waals surface area (Å²) in [5, 5.41) is 0. The van der Waals surface area contributed by atoms with E-state index in [1.807, 2.05) is 0 Å². The Morgan fingerprint density at radius 3 is 1.26 bits per heavy atom. The van der Waals surface area contributed by atoms with Crippen molar-refractivity contribution in [2.75, 3.05) is 14.7 Å². The summed E-state index contributed by atoms with van der Waals surface area (Å²) in [7, 11) is 0. The van der Waals surface area contributed by atoms with Crippen molar-refractivity contribution in [2.24, 2.45) is 0 Å². The van der Waals surface area contributed by atoms with Gasteiger partial charge in [-0.25, -0.2) is 0 Å². The number of benzene rings is 7. The first-order valence-corrected chi connectivity index (χ1v) is 34.0. The quantitative estimate of drug-likeness (QED) is 0.163. The van der Waals surface area contributed by atoms with Gasteiger partial charge in [-0.05, 0) is 235 Å². The van der Waals surface area contributed by atoms with Crippen LogP contribution in [0.5, 0.6) is 0 Å². The van der Waals surface area contributed by atoms with Crippen LogP contribution in [0.2, 0.25) is 0 Å². The molecule has 3 heterocycles. The number of anilines is 8. The molecular weight excluding hydrogens is 1050 g/mol. The number of aryl methyl sites for hydroxylation is 1. The third-order valence-corrected chi connectivity index (χ3v) is 24.8. The van der Waals surface area contributed by atoms with Crippen molar-refractivity contribution in [1.82, 2.24) is 0 Å². The van der Waals surface area contributed by atoms with Crippen LogP contribution in [0.4, 0.5) is 45.5 Å². The lowest BCUT2D eigenvalue weighted by atomic mass is 9.32. The number of hydrogen-bond donors (Lipinski definition) is 0. The summed E-state index contributed by atoms with van der Waals surface area (Å²) in [6.45, 7) is 52.4. The molecule has 2 unspecified atom stereocenters. The van der Waals surface area contributed by atoms with Crippen molar-refractivity contribution in [3.05, 3.63) is 171 Å². The zero-order valence-corrected chi connectivity index (χ0v) is 57.5.